The number of amides is 1. The number of unbranched alkanes of at least 4 members (excludes halogenated alkanes) is 3. The van der Waals surface area contributed by atoms with Gasteiger partial charge in [-0.2, -0.15) is 0 Å². The van der Waals surface area contributed by atoms with Crippen molar-refractivity contribution in [1.82, 2.24) is 0 Å². The van der Waals surface area contributed by atoms with Crippen LogP contribution in [-0.2, 0) is 4.79 Å². The highest BCUT2D eigenvalue weighted by Gasteiger charge is 2.24. The van der Waals surface area contributed by atoms with Crippen molar-refractivity contribution in [2.24, 2.45) is 0 Å². The number of rotatable bonds is 6. The molecule has 1 heterocycles. The highest BCUT2D eigenvalue weighted by molar-refractivity contribution is 6.01. The molecule has 0 saturated heterocycles. The molecule has 1 aliphatic heterocycles. The largest absolute Gasteiger partial charge is 0.479 e. The van der Waals surface area contributed by atoms with Crippen LogP contribution in [0.3, 0.4) is 0 Å². The van der Waals surface area contributed by atoms with Gasteiger partial charge in [0, 0.05) is 12.0 Å². The van der Waals surface area contributed by atoms with Crippen LogP contribution in [0.25, 0.3) is 0 Å². The number of ketones is 1. The summed E-state index contributed by atoms with van der Waals surface area (Å²) in [6, 6.07) is 5.23. The molecule has 0 bridgehead atoms. The van der Waals surface area contributed by atoms with Crippen LogP contribution in [0.2, 0.25) is 0 Å². The Balaban J connectivity index is 2.02. The molecule has 1 unspecified atom stereocenters. The van der Waals surface area contributed by atoms with Gasteiger partial charge in [-0.15, -0.1) is 0 Å². The Morgan fingerprint density at radius 3 is 2.85 bits per heavy atom. The number of Topliss-reactive ketones (excluding diaryl/α,β-unsaturated/α-hetero) is 1. The zero-order valence-electron chi connectivity index (χ0n) is 12.1. The van der Waals surface area contributed by atoms with Gasteiger partial charge >= 0.3 is 0 Å². The Labute approximate surface area is 119 Å². The average molecular weight is 275 g/mol. The van der Waals surface area contributed by atoms with E-state index < -0.39 is 6.10 Å². The fourth-order valence-corrected chi connectivity index (χ4v) is 2.24. The minimum atomic E-state index is -0.488. The molecule has 108 valence electrons. The second-order valence-electron chi connectivity index (χ2n) is 5.19. The Bertz CT molecular complexity index is 510. The first-order valence-electron chi connectivity index (χ1n) is 7.26. The minimum absolute atomic E-state index is 0.122. The maximum absolute atomic E-state index is 12.1. The van der Waals surface area contributed by atoms with Gasteiger partial charge in [0.2, 0.25) is 0 Å². The Hall–Kier alpha value is -1.84. The van der Waals surface area contributed by atoms with Gasteiger partial charge in [-0.05, 0) is 31.5 Å². The number of ether oxygens (including phenoxy) is 1. The van der Waals surface area contributed by atoms with Gasteiger partial charge in [0.05, 0.1) is 5.69 Å². The van der Waals surface area contributed by atoms with Crippen molar-refractivity contribution >= 4 is 17.4 Å². The molecule has 0 aromatic heterocycles. The maximum Gasteiger partial charge on any atom is 0.265 e. The summed E-state index contributed by atoms with van der Waals surface area (Å²) in [5.74, 6) is 0.571. The molecule has 0 radical (unpaired) electrons. The molecule has 0 fully saturated rings. The maximum atomic E-state index is 12.1. The van der Waals surface area contributed by atoms with Crippen LogP contribution < -0.4 is 10.1 Å². The number of nitrogens with one attached hydrogen (secondary N) is 1. The van der Waals surface area contributed by atoms with Gasteiger partial charge in [0.1, 0.15) is 5.75 Å². The first-order valence-corrected chi connectivity index (χ1v) is 7.26. The van der Waals surface area contributed by atoms with Crippen molar-refractivity contribution in [3.05, 3.63) is 23.8 Å². The summed E-state index contributed by atoms with van der Waals surface area (Å²) in [5, 5.41) is 2.77. The number of benzene rings is 1. The average Bonchev–Trinajstić information content (AvgIpc) is 2.44. The predicted molar refractivity (Wildman–Crippen MR) is 78.3 cm³/mol. The standard InChI is InChI=1S/C16H21NO3/c1-3-4-5-6-7-14(18)12-8-9-15-13(10-12)17-16(19)11(2)20-15/h8-11H,3-7H2,1-2H3,(H,17,19). The van der Waals surface area contributed by atoms with Gasteiger partial charge in [-0.1, -0.05) is 26.2 Å². The summed E-state index contributed by atoms with van der Waals surface area (Å²) in [4.78, 5) is 23.6. The lowest BCUT2D eigenvalue weighted by atomic mass is 10.0. The lowest BCUT2D eigenvalue weighted by Gasteiger charge is -2.23. The third kappa shape index (κ3) is 3.38. The molecule has 4 heteroatoms. The van der Waals surface area contributed by atoms with E-state index in [0.717, 1.165) is 19.3 Å². The smallest absolute Gasteiger partial charge is 0.265 e. The molecule has 0 aliphatic carbocycles. The van der Waals surface area contributed by atoms with E-state index in [1.165, 1.54) is 6.42 Å². The van der Waals surface area contributed by atoms with E-state index >= 15 is 0 Å². The molecule has 1 aliphatic rings. The molecular weight excluding hydrogens is 254 g/mol. The van der Waals surface area contributed by atoms with Crippen molar-refractivity contribution in [2.45, 2.75) is 52.1 Å². The van der Waals surface area contributed by atoms with Crippen molar-refractivity contribution in [1.29, 1.82) is 0 Å². The topological polar surface area (TPSA) is 55.4 Å². The van der Waals surface area contributed by atoms with E-state index in [9.17, 15) is 9.59 Å². The molecular formula is C16H21NO3. The number of hydrogen-bond acceptors (Lipinski definition) is 3. The van der Waals surface area contributed by atoms with Crippen molar-refractivity contribution in [3.8, 4) is 5.75 Å². The van der Waals surface area contributed by atoms with Gasteiger partial charge in [0.15, 0.2) is 11.9 Å². The molecule has 4 nitrogen and oxygen atoms in total. The van der Waals surface area contributed by atoms with Crippen molar-refractivity contribution < 1.29 is 14.3 Å². The number of carbonyl (C=O) groups is 2. The molecule has 1 aromatic rings. The Kier molecular flexibility index (Phi) is 4.77. The fraction of sp³-hybridized carbons (Fsp3) is 0.500. The second-order valence-corrected chi connectivity index (χ2v) is 5.19. The highest BCUT2D eigenvalue weighted by Crippen LogP contribution is 2.30. The quantitative estimate of drug-likeness (QED) is 0.638. The minimum Gasteiger partial charge on any atom is -0.479 e. The molecule has 1 atom stereocenters. The number of fused-ring (bicyclic) bond motifs is 1. The van der Waals surface area contributed by atoms with Crippen LogP contribution in [0.4, 0.5) is 5.69 Å². The number of anilines is 1. The zero-order chi connectivity index (χ0) is 14.5. The zero-order valence-corrected chi connectivity index (χ0v) is 12.1. The summed E-state index contributed by atoms with van der Waals surface area (Å²) >= 11 is 0. The van der Waals surface area contributed by atoms with Crippen LogP contribution in [0.1, 0.15) is 56.3 Å². The molecule has 0 spiro atoms. The summed E-state index contributed by atoms with van der Waals surface area (Å²) in [5.41, 5.74) is 1.23. The van der Waals surface area contributed by atoms with Crippen LogP contribution in [-0.4, -0.2) is 17.8 Å². The Morgan fingerprint density at radius 1 is 1.30 bits per heavy atom. The first kappa shape index (κ1) is 14.6. The lowest BCUT2D eigenvalue weighted by molar-refractivity contribution is -0.122. The van der Waals surface area contributed by atoms with E-state index in [-0.39, 0.29) is 11.7 Å². The highest BCUT2D eigenvalue weighted by atomic mass is 16.5. The monoisotopic (exact) mass is 275 g/mol. The lowest BCUT2D eigenvalue weighted by Crippen LogP contribution is -2.34. The SMILES string of the molecule is CCCCCCC(=O)c1ccc2c(c1)NC(=O)C(C)O2. The van der Waals surface area contributed by atoms with E-state index in [1.807, 2.05) is 0 Å². The van der Waals surface area contributed by atoms with E-state index in [0.29, 0.717) is 23.4 Å². The molecule has 1 N–H and O–H groups in total. The predicted octanol–water partition coefficient (Wildman–Crippen LogP) is 3.56. The molecule has 0 saturated carbocycles. The fourth-order valence-electron chi connectivity index (χ4n) is 2.24. The molecule has 20 heavy (non-hydrogen) atoms. The normalized spacial score (nSPS) is 17.1. The second kappa shape index (κ2) is 6.55. The van der Waals surface area contributed by atoms with Gasteiger partial charge < -0.3 is 10.1 Å². The van der Waals surface area contributed by atoms with Gasteiger partial charge in [-0.3, -0.25) is 9.59 Å². The number of hydrogen-bond donors (Lipinski definition) is 1. The van der Waals surface area contributed by atoms with Crippen LogP contribution in [0.5, 0.6) is 5.75 Å². The number of carbonyl (C=O) groups excluding carboxylic acids is 2. The van der Waals surface area contributed by atoms with Crippen molar-refractivity contribution in [3.63, 3.8) is 0 Å². The molecule has 1 amide bonds. The van der Waals surface area contributed by atoms with E-state index in [4.69, 9.17) is 4.74 Å². The van der Waals surface area contributed by atoms with E-state index in [2.05, 4.69) is 12.2 Å². The molecule has 2 rings (SSSR count). The Morgan fingerprint density at radius 2 is 2.10 bits per heavy atom. The van der Waals surface area contributed by atoms with Crippen molar-refractivity contribution in [2.75, 3.05) is 5.32 Å². The summed E-state index contributed by atoms with van der Waals surface area (Å²) in [7, 11) is 0. The first-order chi connectivity index (χ1) is 9.61. The molecule has 1 aromatic carbocycles. The summed E-state index contributed by atoms with van der Waals surface area (Å²) < 4.78 is 5.47. The van der Waals surface area contributed by atoms with Crippen LogP contribution in [0, 0.1) is 0 Å². The summed E-state index contributed by atoms with van der Waals surface area (Å²) in [6.07, 6.45) is 4.41. The third-order valence-corrected chi connectivity index (χ3v) is 3.49. The van der Waals surface area contributed by atoms with Gasteiger partial charge in [0.25, 0.3) is 5.91 Å². The summed E-state index contributed by atoms with van der Waals surface area (Å²) in [6.45, 7) is 3.85. The van der Waals surface area contributed by atoms with Gasteiger partial charge in [-0.25, -0.2) is 0 Å². The van der Waals surface area contributed by atoms with Crippen LogP contribution in [0.15, 0.2) is 18.2 Å². The van der Waals surface area contributed by atoms with Crippen LogP contribution >= 0.6 is 0 Å². The van der Waals surface area contributed by atoms with E-state index in [1.54, 1.807) is 25.1 Å². The third-order valence-electron chi connectivity index (χ3n) is 3.49.